The van der Waals surface area contributed by atoms with Crippen LogP contribution in [0.5, 0.6) is 0 Å². The monoisotopic (exact) mass is 229 g/mol. The number of hydrogen-bond donors (Lipinski definition) is 1. The van der Waals surface area contributed by atoms with Gasteiger partial charge in [-0.3, -0.25) is 0 Å². The molecule has 2 heterocycles. The Morgan fingerprint density at radius 3 is 2.82 bits per heavy atom. The van der Waals surface area contributed by atoms with E-state index in [4.69, 9.17) is 9.78 Å². The van der Waals surface area contributed by atoms with Crippen LogP contribution in [0, 0.1) is 25.2 Å². The average molecular weight is 229 g/mol. The van der Waals surface area contributed by atoms with Gasteiger partial charge in [-0.05, 0) is 26.0 Å². The van der Waals surface area contributed by atoms with E-state index in [2.05, 4.69) is 26.5 Å². The van der Waals surface area contributed by atoms with Gasteiger partial charge in [-0.2, -0.15) is 10.2 Å². The van der Waals surface area contributed by atoms with Crippen LogP contribution in [-0.2, 0) is 6.54 Å². The summed E-state index contributed by atoms with van der Waals surface area (Å²) in [5, 5.41) is 15.5. The number of nitrogens with one attached hydrogen (secondary N) is 1. The third-order valence-corrected chi connectivity index (χ3v) is 2.07. The van der Waals surface area contributed by atoms with Crippen LogP contribution in [0.25, 0.3) is 0 Å². The summed E-state index contributed by atoms with van der Waals surface area (Å²) in [6.07, 6.45) is 0. The van der Waals surface area contributed by atoms with Gasteiger partial charge in [0.25, 0.3) is 0 Å². The normalized spacial score (nSPS) is 9.94. The topological polar surface area (TPSA) is 87.6 Å². The van der Waals surface area contributed by atoms with Crippen molar-refractivity contribution in [2.75, 3.05) is 5.32 Å². The molecule has 0 amide bonds. The fraction of sp³-hybridized carbons (Fsp3) is 0.273. The Balaban J connectivity index is 2.09. The summed E-state index contributed by atoms with van der Waals surface area (Å²) < 4.78 is 4.96. The Morgan fingerprint density at radius 2 is 2.18 bits per heavy atom. The largest absolute Gasteiger partial charge is 0.361 e. The molecule has 0 unspecified atom stereocenters. The third-order valence-electron chi connectivity index (χ3n) is 2.07. The first-order chi connectivity index (χ1) is 8.17. The van der Waals surface area contributed by atoms with E-state index in [9.17, 15) is 0 Å². The molecular weight excluding hydrogens is 218 g/mol. The average Bonchev–Trinajstić information content (AvgIpc) is 2.72. The van der Waals surface area contributed by atoms with Gasteiger partial charge in [0.05, 0.1) is 18.2 Å². The van der Waals surface area contributed by atoms with Crippen molar-refractivity contribution in [1.29, 1.82) is 5.26 Å². The summed E-state index contributed by atoms with van der Waals surface area (Å²) in [7, 11) is 0. The maximum Gasteiger partial charge on any atom is 0.245 e. The quantitative estimate of drug-likeness (QED) is 0.859. The predicted octanol–water partition coefficient (Wildman–Crippen LogP) is 1.57. The summed E-state index contributed by atoms with van der Waals surface area (Å²) in [6, 6.07) is 5.48. The molecule has 6 heteroatoms. The number of nitriles is 1. The minimum absolute atomic E-state index is 0.391. The molecule has 0 aromatic carbocycles. The second-order valence-corrected chi connectivity index (χ2v) is 3.58. The number of pyridine rings is 1. The third kappa shape index (κ3) is 2.78. The molecule has 0 atom stereocenters. The van der Waals surface area contributed by atoms with Crippen LogP contribution >= 0.6 is 0 Å². The van der Waals surface area contributed by atoms with Crippen molar-refractivity contribution >= 4 is 5.82 Å². The summed E-state index contributed by atoms with van der Waals surface area (Å²) in [4.78, 5) is 8.31. The molecule has 17 heavy (non-hydrogen) atoms. The van der Waals surface area contributed by atoms with Crippen LogP contribution < -0.4 is 5.32 Å². The summed E-state index contributed by atoms with van der Waals surface area (Å²) in [5.74, 6) is 1.71. The smallest absolute Gasteiger partial charge is 0.245 e. The fourth-order valence-electron chi connectivity index (χ4n) is 1.40. The van der Waals surface area contributed by atoms with Gasteiger partial charge in [0, 0.05) is 5.69 Å². The number of rotatable bonds is 3. The number of anilines is 1. The predicted molar refractivity (Wildman–Crippen MR) is 60.1 cm³/mol. The Bertz CT molecular complexity index is 569. The van der Waals surface area contributed by atoms with Crippen molar-refractivity contribution < 1.29 is 4.52 Å². The highest BCUT2D eigenvalue weighted by molar-refractivity contribution is 5.44. The van der Waals surface area contributed by atoms with Crippen molar-refractivity contribution in [3.63, 3.8) is 0 Å². The SMILES string of the molecule is Cc1cc(C#N)cc(NCc2nc(C)no2)n1. The molecule has 0 aliphatic heterocycles. The lowest BCUT2D eigenvalue weighted by Gasteiger charge is -2.03. The number of nitrogens with zero attached hydrogens (tertiary/aromatic N) is 4. The van der Waals surface area contributed by atoms with Gasteiger partial charge in [-0.15, -0.1) is 0 Å². The fourth-order valence-corrected chi connectivity index (χ4v) is 1.40. The van der Waals surface area contributed by atoms with Crippen LogP contribution in [-0.4, -0.2) is 15.1 Å². The molecular formula is C11H11N5O. The van der Waals surface area contributed by atoms with E-state index in [-0.39, 0.29) is 0 Å². The van der Waals surface area contributed by atoms with Crippen molar-refractivity contribution in [1.82, 2.24) is 15.1 Å². The molecule has 2 aromatic heterocycles. The van der Waals surface area contributed by atoms with Crippen molar-refractivity contribution in [2.24, 2.45) is 0 Å². The molecule has 0 radical (unpaired) electrons. The van der Waals surface area contributed by atoms with E-state index in [0.717, 1.165) is 5.69 Å². The molecule has 2 aromatic rings. The van der Waals surface area contributed by atoms with Crippen LogP contribution in [0.15, 0.2) is 16.7 Å². The lowest BCUT2D eigenvalue weighted by molar-refractivity contribution is 0.379. The zero-order valence-electron chi connectivity index (χ0n) is 9.56. The lowest BCUT2D eigenvalue weighted by Crippen LogP contribution is -2.03. The highest BCUT2D eigenvalue weighted by Crippen LogP contribution is 2.10. The minimum Gasteiger partial charge on any atom is -0.361 e. The Labute approximate surface area is 98.3 Å². The summed E-state index contributed by atoms with van der Waals surface area (Å²) >= 11 is 0. The number of hydrogen-bond acceptors (Lipinski definition) is 6. The van der Waals surface area contributed by atoms with Gasteiger partial charge < -0.3 is 9.84 Å². The highest BCUT2D eigenvalue weighted by atomic mass is 16.5. The molecule has 0 bridgehead atoms. The van der Waals surface area contributed by atoms with Gasteiger partial charge in [0.2, 0.25) is 5.89 Å². The van der Waals surface area contributed by atoms with Gasteiger partial charge in [-0.25, -0.2) is 4.98 Å². The first-order valence-electron chi connectivity index (χ1n) is 5.09. The van der Waals surface area contributed by atoms with E-state index in [1.807, 2.05) is 6.92 Å². The molecule has 1 N–H and O–H groups in total. The van der Waals surface area contributed by atoms with Gasteiger partial charge >= 0.3 is 0 Å². The number of aryl methyl sites for hydroxylation is 2. The highest BCUT2D eigenvalue weighted by Gasteiger charge is 2.04. The molecule has 0 spiro atoms. The maximum atomic E-state index is 8.83. The molecule has 6 nitrogen and oxygen atoms in total. The molecule has 0 saturated carbocycles. The second-order valence-electron chi connectivity index (χ2n) is 3.58. The van der Waals surface area contributed by atoms with E-state index in [0.29, 0.717) is 29.6 Å². The van der Waals surface area contributed by atoms with Crippen LogP contribution in [0.1, 0.15) is 23.0 Å². The van der Waals surface area contributed by atoms with Gasteiger partial charge in [-0.1, -0.05) is 5.16 Å². The molecule has 0 saturated heterocycles. The van der Waals surface area contributed by atoms with Crippen LogP contribution in [0.2, 0.25) is 0 Å². The molecule has 86 valence electrons. The van der Waals surface area contributed by atoms with Gasteiger partial charge in [0.15, 0.2) is 5.82 Å². The first-order valence-corrected chi connectivity index (χ1v) is 5.09. The van der Waals surface area contributed by atoms with Crippen molar-refractivity contribution in [2.45, 2.75) is 20.4 Å². The van der Waals surface area contributed by atoms with E-state index in [1.54, 1.807) is 19.1 Å². The standard InChI is InChI=1S/C11H11N5O/c1-7-3-9(5-12)4-10(14-7)13-6-11-15-8(2)16-17-11/h3-4H,6H2,1-2H3,(H,13,14). The molecule has 0 aliphatic carbocycles. The first kappa shape index (κ1) is 11.1. The van der Waals surface area contributed by atoms with Crippen molar-refractivity contribution in [3.8, 4) is 6.07 Å². The van der Waals surface area contributed by atoms with E-state index < -0.39 is 0 Å². The van der Waals surface area contributed by atoms with Crippen LogP contribution in [0.4, 0.5) is 5.82 Å². The summed E-state index contributed by atoms with van der Waals surface area (Å²) in [6.45, 7) is 3.98. The van der Waals surface area contributed by atoms with Crippen molar-refractivity contribution in [3.05, 3.63) is 35.1 Å². The number of aromatic nitrogens is 3. The molecule has 0 fully saturated rings. The van der Waals surface area contributed by atoms with E-state index >= 15 is 0 Å². The molecule has 0 aliphatic rings. The minimum atomic E-state index is 0.391. The Kier molecular flexibility index (Phi) is 3.01. The molecule has 2 rings (SSSR count). The zero-order chi connectivity index (χ0) is 12.3. The van der Waals surface area contributed by atoms with E-state index in [1.165, 1.54) is 0 Å². The van der Waals surface area contributed by atoms with Crippen LogP contribution in [0.3, 0.4) is 0 Å². The Hall–Kier alpha value is -2.42. The van der Waals surface area contributed by atoms with Gasteiger partial charge in [0.1, 0.15) is 5.82 Å². The Morgan fingerprint density at radius 1 is 1.35 bits per heavy atom. The second kappa shape index (κ2) is 4.61. The zero-order valence-corrected chi connectivity index (χ0v) is 9.56. The maximum absolute atomic E-state index is 8.83. The summed E-state index contributed by atoms with van der Waals surface area (Å²) in [5.41, 5.74) is 1.36. The lowest BCUT2D eigenvalue weighted by atomic mass is 10.2.